The van der Waals surface area contributed by atoms with Gasteiger partial charge in [0.2, 0.25) is 0 Å². The summed E-state index contributed by atoms with van der Waals surface area (Å²) in [5.41, 5.74) is 0. The van der Waals surface area contributed by atoms with E-state index < -0.39 is 0 Å². The summed E-state index contributed by atoms with van der Waals surface area (Å²) in [7, 11) is 0. The third kappa shape index (κ3) is 635. The van der Waals surface area contributed by atoms with Crippen LogP contribution in [0.25, 0.3) is 0 Å². The minimum Gasteiger partial charge on any atom is -2.00 e. The Hall–Kier alpha value is 0.448. The standard InChI is InChI=1S/Mo.2H3N.4O/h;2*1H3;;;;/q+6;;;4*-2/p+2. The number of hydrogen-bond donors (Lipinski definition) is 2. The van der Waals surface area contributed by atoms with Gasteiger partial charge in [-0.3, -0.25) is 0 Å². The molecule has 0 bridgehead atoms. The van der Waals surface area contributed by atoms with Crippen molar-refractivity contribution in [3.05, 3.63) is 0 Å². The van der Waals surface area contributed by atoms with Crippen LogP contribution in [0, 0.1) is 0 Å². The second-order valence-electron chi connectivity index (χ2n) is 0. The van der Waals surface area contributed by atoms with E-state index in [0.29, 0.717) is 0 Å². The van der Waals surface area contributed by atoms with Gasteiger partial charge in [-0.05, 0) is 0 Å². The molecule has 0 aliphatic heterocycles. The van der Waals surface area contributed by atoms with Crippen LogP contribution in [-0.4, -0.2) is 0 Å². The molecule has 0 aliphatic rings. The van der Waals surface area contributed by atoms with Crippen LogP contribution in [0.3, 0.4) is 0 Å². The fourth-order valence-electron chi connectivity index (χ4n) is 0. The summed E-state index contributed by atoms with van der Waals surface area (Å²) in [5, 5.41) is 0. The number of quaternary nitrogens is 2. The molecule has 0 fully saturated rings. The van der Waals surface area contributed by atoms with Crippen molar-refractivity contribution >= 4 is 0 Å². The average Bonchev–Trinajstić information content (AvgIpc) is 0. The molecule has 0 unspecified atom stereocenters. The topological polar surface area (TPSA) is 187 Å². The van der Waals surface area contributed by atoms with Crippen molar-refractivity contribution in [1.29, 1.82) is 0 Å². The normalized spacial score (nSPS) is 0. The van der Waals surface area contributed by atoms with Gasteiger partial charge in [-0.15, -0.1) is 0 Å². The SMILES string of the molecule is [Mo+6].[NH4+].[NH4+].[O-2].[O-2].[O-2].[O-2]. The summed E-state index contributed by atoms with van der Waals surface area (Å²) in [6, 6.07) is 0. The molecule has 0 rings (SSSR count). The molecular formula is H8MoN2O4. The van der Waals surface area contributed by atoms with Gasteiger partial charge >= 0.3 is 21.1 Å². The predicted octanol–water partition coefficient (Wildman–Crippen LogP) is 0.275. The molecule has 0 aromatic heterocycles. The van der Waals surface area contributed by atoms with E-state index in [1.165, 1.54) is 0 Å². The van der Waals surface area contributed by atoms with Crippen LogP contribution in [0.15, 0.2) is 0 Å². The van der Waals surface area contributed by atoms with Crippen molar-refractivity contribution < 1.29 is 43.0 Å². The van der Waals surface area contributed by atoms with E-state index in [-0.39, 0.29) is 55.3 Å². The Kier molecular flexibility index (Phi) is 210000. The minimum absolute atomic E-state index is 0. The molecule has 0 spiro atoms. The Bertz CT molecular complexity index is 9.65. The first-order valence-corrected chi connectivity index (χ1v) is 0. The van der Waals surface area contributed by atoms with Crippen LogP contribution < -0.4 is 12.3 Å². The van der Waals surface area contributed by atoms with Crippen molar-refractivity contribution in [3.63, 3.8) is 0 Å². The molecule has 0 saturated heterocycles. The van der Waals surface area contributed by atoms with Gasteiger partial charge in [0, 0.05) is 0 Å². The molecule has 8 N–H and O–H groups in total. The van der Waals surface area contributed by atoms with E-state index in [9.17, 15) is 0 Å². The maximum absolute atomic E-state index is 0. The quantitative estimate of drug-likeness (QED) is 0.503. The zero-order valence-electron chi connectivity index (χ0n) is 4.04. The van der Waals surface area contributed by atoms with Crippen LogP contribution in [0.1, 0.15) is 0 Å². The van der Waals surface area contributed by atoms with E-state index in [2.05, 4.69) is 0 Å². The zero-order valence-corrected chi connectivity index (χ0v) is 6.05. The Morgan fingerprint density at radius 2 is 0.429 bits per heavy atom. The van der Waals surface area contributed by atoms with Crippen molar-refractivity contribution in [3.8, 4) is 0 Å². The van der Waals surface area contributed by atoms with Crippen LogP contribution in [0.2, 0.25) is 0 Å². The van der Waals surface area contributed by atoms with Crippen LogP contribution in [-0.2, 0) is 43.0 Å². The molecule has 0 saturated carbocycles. The molecule has 0 aromatic rings. The van der Waals surface area contributed by atoms with E-state index >= 15 is 0 Å². The van der Waals surface area contributed by atoms with Crippen molar-refractivity contribution in [2.45, 2.75) is 0 Å². The van der Waals surface area contributed by atoms with Crippen molar-refractivity contribution in [1.82, 2.24) is 12.3 Å². The number of hydrogen-bond acceptors (Lipinski definition) is 0. The summed E-state index contributed by atoms with van der Waals surface area (Å²) >= 11 is 0. The minimum atomic E-state index is 0. The van der Waals surface area contributed by atoms with Gasteiger partial charge in [-0.1, -0.05) is 0 Å². The summed E-state index contributed by atoms with van der Waals surface area (Å²) in [6.07, 6.45) is 0. The van der Waals surface area contributed by atoms with Crippen molar-refractivity contribution in [2.75, 3.05) is 0 Å². The molecule has 7 heavy (non-hydrogen) atoms. The molecule has 0 aromatic carbocycles. The second kappa shape index (κ2) is 952. The Labute approximate surface area is 56.0 Å². The summed E-state index contributed by atoms with van der Waals surface area (Å²) in [4.78, 5) is 0. The first-order valence-electron chi connectivity index (χ1n) is 0. The van der Waals surface area contributed by atoms with Gasteiger partial charge in [0.15, 0.2) is 0 Å². The van der Waals surface area contributed by atoms with Gasteiger partial charge in [0.1, 0.15) is 0 Å². The smallest absolute Gasteiger partial charge is 2.00 e. The molecule has 0 radical (unpaired) electrons. The predicted molar refractivity (Wildman–Crippen MR) is 14.7 cm³/mol. The molecule has 6 nitrogen and oxygen atoms in total. The van der Waals surface area contributed by atoms with Crippen LogP contribution in [0.5, 0.6) is 0 Å². The van der Waals surface area contributed by atoms with Gasteiger partial charge in [0.05, 0.1) is 0 Å². The van der Waals surface area contributed by atoms with E-state index in [1.807, 2.05) is 0 Å². The molecule has 0 heterocycles. The monoisotopic (exact) mass is 198 g/mol. The summed E-state index contributed by atoms with van der Waals surface area (Å²) in [6.45, 7) is 0. The Balaban J connectivity index is 0. The summed E-state index contributed by atoms with van der Waals surface area (Å²) < 4.78 is 0. The zero-order chi connectivity index (χ0) is 0. The molecule has 0 atom stereocenters. The van der Waals surface area contributed by atoms with Crippen LogP contribution in [0.4, 0.5) is 0 Å². The fourth-order valence-corrected chi connectivity index (χ4v) is 0. The van der Waals surface area contributed by atoms with Gasteiger partial charge in [-0.2, -0.15) is 0 Å². The molecule has 0 aliphatic carbocycles. The number of rotatable bonds is 0. The first-order chi connectivity index (χ1) is 0. The molecule has 48 valence electrons. The third-order valence-corrected chi connectivity index (χ3v) is 0. The van der Waals surface area contributed by atoms with Crippen molar-refractivity contribution in [2.24, 2.45) is 0 Å². The fraction of sp³-hybridized carbons (Fsp3) is 0. The van der Waals surface area contributed by atoms with E-state index in [4.69, 9.17) is 0 Å². The maximum Gasteiger partial charge on any atom is 6.00 e. The van der Waals surface area contributed by atoms with Gasteiger partial charge in [0.25, 0.3) is 0 Å². The summed E-state index contributed by atoms with van der Waals surface area (Å²) in [5.74, 6) is 0. The van der Waals surface area contributed by atoms with E-state index in [1.54, 1.807) is 0 Å². The van der Waals surface area contributed by atoms with Crippen LogP contribution >= 0.6 is 0 Å². The Morgan fingerprint density at radius 3 is 0.429 bits per heavy atom. The molecule has 7 heteroatoms. The average molecular weight is 196 g/mol. The van der Waals surface area contributed by atoms with Gasteiger partial charge in [-0.25, -0.2) is 0 Å². The molecule has 0 amide bonds. The second-order valence-corrected chi connectivity index (χ2v) is 0. The first kappa shape index (κ1) is 1540. The maximum atomic E-state index is 0. The Morgan fingerprint density at radius 1 is 0.429 bits per heavy atom. The van der Waals surface area contributed by atoms with Gasteiger partial charge < -0.3 is 34.2 Å². The third-order valence-electron chi connectivity index (χ3n) is 0. The largest absolute Gasteiger partial charge is 6.00 e. The van der Waals surface area contributed by atoms with E-state index in [0.717, 1.165) is 0 Å². The molecular weight excluding hydrogens is 188 g/mol.